The number of carboxylic acid groups (broad SMARTS) is 1. The summed E-state index contributed by atoms with van der Waals surface area (Å²) in [5, 5.41) is 6.89. The number of nitrogens with two attached hydrogens (primary N) is 2. The van der Waals surface area contributed by atoms with E-state index in [9.17, 15) is 4.21 Å². The van der Waals surface area contributed by atoms with Gasteiger partial charge in [-0.3, -0.25) is 9.00 Å². The molecule has 1 aromatic carbocycles. The summed E-state index contributed by atoms with van der Waals surface area (Å²) in [5.74, 6) is 0.572. The molecule has 0 aliphatic heterocycles. The Morgan fingerprint density at radius 1 is 1.47 bits per heavy atom. The molecular formula is C13H20N2O3S. The van der Waals surface area contributed by atoms with Gasteiger partial charge >= 0.3 is 0 Å². The zero-order chi connectivity index (χ0) is 14.5. The van der Waals surface area contributed by atoms with Gasteiger partial charge in [0.05, 0.1) is 0 Å². The van der Waals surface area contributed by atoms with Gasteiger partial charge in [0, 0.05) is 40.5 Å². The van der Waals surface area contributed by atoms with Crippen LogP contribution in [-0.2, 0) is 26.8 Å². The van der Waals surface area contributed by atoms with E-state index in [1.54, 1.807) is 6.26 Å². The van der Waals surface area contributed by atoms with E-state index >= 15 is 0 Å². The molecule has 0 saturated heterocycles. The lowest BCUT2D eigenvalue weighted by Gasteiger charge is -2.17. The van der Waals surface area contributed by atoms with Crippen molar-refractivity contribution < 1.29 is 14.1 Å². The van der Waals surface area contributed by atoms with Gasteiger partial charge in [0.15, 0.2) is 0 Å². The minimum absolute atomic E-state index is 0.141. The number of hydrogen-bond donors (Lipinski definition) is 3. The first-order valence-corrected chi connectivity index (χ1v) is 7.68. The maximum Gasteiger partial charge on any atom is 0.290 e. The third-order valence-electron chi connectivity index (χ3n) is 3.30. The van der Waals surface area contributed by atoms with Crippen LogP contribution in [0.3, 0.4) is 0 Å². The van der Waals surface area contributed by atoms with E-state index in [1.807, 2.05) is 12.1 Å². The van der Waals surface area contributed by atoms with E-state index < -0.39 is 10.8 Å². The monoisotopic (exact) mass is 284 g/mol. The lowest BCUT2D eigenvalue weighted by atomic mass is 9.91. The largest absolute Gasteiger partial charge is 0.483 e. The summed E-state index contributed by atoms with van der Waals surface area (Å²) in [7, 11) is -0.840. The average molecular weight is 284 g/mol. The molecule has 1 fully saturated rings. The van der Waals surface area contributed by atoms with Gasteiger partial charge in [-0.1, -0.05) is 6.07 Å². The van der Waals surface area contributed by atoms with Crippen LogP contribution in [0.4, 0.5) is 5.69 Å². The number of carbonyl (C=O) groups is 1. The van der Waals surface area contributed by atoms with Gasteiger partial charge < -0.3 is 16.6 Å². The highest BCUT2D eigenvalue weighted by Crippen LogP contribution is 2.48. The predicted molar refractivity (Wildman–Crippen MR) is 77.3 cm³/mol. The topological polar surface area (TPSA) is 106 Å². The minimum Gasteiger partial charge on any atom is -0.483 e. The number of nitrogen functional groups attached to an aromatic ring is 1. The molecular weight excluding hydrogens is 264 g/mol. The Morgan fingerprint density at radius 3 is 2.47 bits per heavy atom. The van der Waals surface area contributed by atoms with Crippen molar-refractivity contribution in [3.05, 3.63) is 29.3 Å². The second-order valence-electron chi connectivity index (χ2n) is 4.72. The molecule has 19 heavy (non-hydrogen) atoms. The van der Waals surface area contributed by atoms with E-state index in [0.717, 1.165) is 24.1 Å². The summed E-state index contributed by atoms with van der Waals surface area (Å²) in [4.78, 5) is 8.36. The molecule has 1 unspecified atom stereocenters. The lowest BCUT2D eigenvalue weighted by molar-refractivity contribution is -0.122. The highest BCUT2D eigenvalue weighted by atomic mass is 32.2. The van der Waals surface area contributed by atoms with E-state index in [0.29, 0.717) is 12.3 Å². The summed E-state index contributed by atoms with van der Waals surface area (Å²) in [6, 6.07) is 5.90. The molecule has 106 valence electrons. The van der Waals surface area contributed by atoms with Crippen molar-refractivity contribution in [1.82, 2.24) is 0 Å². The highest BCUT2D eigenvalue weighted by molar-refractivity contribution is 7.83. The van der Waals surface area contributed by atoms with E-state index in [-0.39, 0.29) is 11.9 Å². The van der Waals surface area contributed by atoms with Crippen molar-refractivity contribution in [1.29, 1.82) is 0 Å². The van der Waals surface area contributed by atoms with Gasteiger partial charge in [0.1, 0.15) is 0 Å². The smallest absolute Gasteiger partial charge is 0.290 e. The molecule has 0 radical (unpaired) electrons. The maximum absolute atomic E-state index is 11.4. The Kier molecular flexibility index (Phi) is 5.50. The normalized spacial score (nSPS) is 16.9. The molecule has 6 heteroatoms. The van der Waals surface area contributed by atoms with Crippen LogP contribution in [0, 0.1) is 0 Å². The van der Waals surface area contributed by atoms with Crippen molar-refractivity contribution in [2.24, 2.45) is 5.73 Å². The summed E-state index contributed by atoms with van der Waals surface area (Å²) >= 11 is 0. The maximum atomic E-state index is 11.4. The Morgan fingerprint density at radius 2 is 2.05 bits per heavy atom. The van der Waals surface area contributed by atoms with E-state index in [2.05, 4.69) is 6.07 Å². The molecule has 1 saturated carbocycles. The van der Waals surface area contributed by atoms with Crippen LogP contribution in [0.2, 0.25) is 0 Å². The van der Waals surface area contributed by atoms with Crippen LogP contribution in [0.5, 0.6) is 0 Å². The number of benzene rings is 1. The molecule has 0 spiro atoms. The Hall–Kier alpha value is -1.40. The molecule has 0 amide bonds. The van der Waals surface area contributed by atoms with E-state index in [4.69, 9.17) is 21.4 Å². The third kappa shape index (κ3) is 4.04. The molecule has 0 aromatic heterocycles. The second kappa shape index (κ2) is 6.68. The fourth-order valence-electron chi connectivity index (χ4n) is 2.20. The first kappa shape index (κ1) is 15.7. The van der Waals surface area contributed by atoms with Crippen LogP contribution >= 0.6 is 0 Å². The number of rotatable bonds is 4. The summed E-state index contributed by atoms with van der Waals surface area (Å²) in [6.07, 6.45) is 3.99. The van der Waals surface area contributed by atoms with Crippen LogP contribution < -0.4 is 11.5 Å². The minimum atomic E-state index is -0.840. The van der Waals surface area contributed by atoms with Gasteiger partial charge in [0.25, 0.3) is 6.47 Å². The standard InChI is InChI=1S/C12H18N2OS.CH2O2/c1-16(15)7-9-6-10(14)2-3-11(9)12(8-13)4-5-12;2-1-3/h2-3,6H,4-5,7-8,13-14H2,1H3;1H,(H,2,3). The van der Waals surface area contributed by atoms with Gasteiger partial charge in [0.2, 0.25) is 0 Å². The van der Waals surface area contributed by atoms with E-state index in [1.165, 1.54) is 5.56 Å². The predicted octanol–water partition coefficient (Wildman–Crippen LogP) is 0.838. The molecule has 0 bridgehead atoms. The van der Waals surface area contributed by atoms with Crippen molar-refractivity contribution in [3.63, 3.8) is 0 Å². The Bertz CT molecular complexity index is 473. The van der Waals surface area contributed by atoms with Crippen molar-refractivity contribution >= 4 is 23.0 Å². The Balaban J connectivity index is 0.000000550. The average Bonchev–Trinajstić information content (AvgIpc) is 3.10. The summed E-state index contributed by atoms with van der Waals surface area (Å²) in [5.41, 5.74) is 14.8. The SMILES string of the molecule is CS(=O)Cc1cc(N)ccc1C1(CN)CC1.O=CO. The molecule has 1 atom stereocenters. The third-order valence-corrected chi connectivity index (χ3v) is 4.02. The zero-order valence-corrected chi connectivity index (χ0v) is 11.8. The van der Waals surface area contributed by atoms with Crippen LogP contribution in [0.1, 0.15) is 24.0 Å². The quantitative estimate of drug-likeness (QED) is 0.561. The second-order valence-corrected chi connectivity index (χ2v) is 6.16. The van der Waals surface area contributed by atoms with Crippen LogP contribution in [0.15, 0.2) is 18.2 Å². The first-order chi connectivity index (χ1) is 8.99. The van der Waals surface area contributed by atoms with Crippen molar-refractivity contribution in [2.45, 2.75) is 24.0 Å². The molecule has 1 aliphatic carbocycles. The van der Waals surface area contributed by atoms with Crippen LogP contribution in [-0.4, -0.2) is 28.6 Å². The van der Waals surface area contributed by atoms with Crippen molar-refractivity contribution in [3.8, 4) is 0 Å². The van der Waals surface area contributed by atoms with Crippen molar-refractivity contribution in [2.75, 3.05) is 18.5 Å². The molecule has 2 rings (SSSR count). The fourth-order valence-corrected chi connectivity index (χ4v) is 2.88. The zero-order valence-electron chi connectivity index (χ0n) is 11.0. The summed E-state index contributed by atoms with van der Waals surface area (Å²) in [6.45, 7) is 0.417. The molecule has 0 heterocycles. The van der Waals surface area contributed by atoms with Gasteiger partial charge in [-0.15, -0.1) is 0 Å². The highest BCUT2D eigenvalue weighted by Gasteiger charge is 2.44. The molecule has 1 aliphatic rings. The van der Waals surface area contributed by atoms with Gasteiger partial charge in [-0.25, -0.2) is 0 Å². The summed E-state index contributed by atoms with van der Waals surface area (Å²) < 4.78 is 11.4. The first-order valence-electron chi connectivity index (χ1n) is 5.96. The van der Waals surface area contributed by atoms with Crippen LogP contribution in [0.25, 0.3) is 0 Å². The Labute approximate surface area is 115 Å². The molecule has 5 nitrogen and oxygen atoms in total. The number of anilines is 1. The fraction of sp³-hybridized carbons (Fsp3) is 0.462. The van der Waals surface area contributed by atoms with Gasteiger partial charge in [-0.05, 0) is 36.1 Å². The number of hydrogen-bond acceptors (Lipinski definition) is 4. The molecule has 1 aromatic rings. The lowest BCUT2D eigenvalue weighted by Crippen LogP contribution is -2.21. The molecule has 5 N–H and O–H groups in total. The van der Waals surface area contributed by atoms with Gasteiger partial charge in [-0.2, -0.15) is 0 Å².